The maximum atomic E-state index is 3.17. The van der Waals surface area contributed by atoms with E-state index in [-0.39, 0.29) is 0 Å². The third-order valence-corrected chi connectivity index (χ3v) is 3.43. The van der Waals surface area contributed by atoms with Crippen LogP contribution in [0, 0.1) is 6.92 Å². The van der Waals surface area contributed by atoms with E-state index in [1.165, 1.54) is 22.3 Å². The molecular formula is C18H24N2. The van der Waals surface area contributed by atoms with E-state index in [4.69, 9.17) is 0 Å². The average Bonchev–Trinajstić information content (AvgIpc) is 2.44. The highest BCUT2D eigenvalue weighted by molar-refractivity contribution is 5.23. The first-order chi connectivity index (χ1) is 9.67. The van der Waals surface area contributed by atoms with E-state index < -0.39 is 0 Å². The molecule has 1 N–H and O–H groups in total. The molecule has 2 aromatic carbocycles. The van der Waals surface area contributed by atoms with Crippen LogP contribution in [0.2, 0.25) is 0 Å². The third-order valence-electron chi connectivity index (χ3n) is 3.43. The first-order valence-electron chi connectivity index (χ1n) is 7.14. The molecule has 0 spiro atoms. The molecule has 0 unspecified atom stereocenters. The molecule has 0 aromatic heterocycles. The van der Waals surface area contributed by atoms with Crippen LogP contribution >= 0.6 is 0 Å². The van der Waals surface area contributed by atoms with Gasteiger partial charge in [0.15, 0.2) is 0 Å². The van der Waals surface area contributed by atoms with Crippen LogP contribution < -0.4 is 5.32 Å². The number of nitrogens with one attached hydrogen (secondary N) is 1. The number of rotatable bonds is 6. The second kappa shape index (κ2) is 7.22. The molecular weight excluding hydrogens is 244 g/mol. The Hall–Kier alpha value is -1.64. The quantitative estimate of drug-likeness (QED) is 0.864. The number of aryl methyl sites for hydroxylation is 1. The zero-order valence-corrected chi connectivity index (χ0v) is 12.7. The molecule has 0 saturated carbocycles. The summed E-state index contributed by atoms with van der Waals surface area (Å²) in [5.41, 5.74) is 5.37. The van der Waals surface area contributed by atoms with Crippen LogP contribution in [0.3, 0.4) is 0 Å². The van der Waals surface area contributed by atoms with Crippen molar-refractivity contribution in [2.45, 2.75) is 26.6 Å². The van der Waals surface area contributed by atoms with Gasteiger partial charge in [-0.25, -0.2) is 0 Å². The Morgan fingerprint density at radius 1 is 0.800 bits per heavy atom. The predicted octanol–water partition coefficient (Wildman–Crippen LogP) is 3.35. The zero-order chi connectivity index (χ0) is 14.4. The van der Waals surface area contributed by atoms with Crippen LogP contribution in [0.5, 0.6) is 0 Å². The standard InChI is InChI=1S/C18H24N2/c1-15-4-6-17(7-5-15)13-20(3)14-18-10-8-16(9-11-18)12-19-2/h4-11,19H,12-14H2,1-3H3. The summed E-state index contributed by atoms with van der Waals surface area (Å²) in [4.78, 5) is 2.34. The van der Waals surface area contributed by atoms with Crippen LogP contribution in [0.4, 0.5) is 0 Å². The van der Waals surface area contributed by atoms with Gasteiger partial charge in [-0.05, 0) is 37.7 Å². The molecule has 2 heteroatoms. The minimum Gasteiger partial charge on any atom is -0.316 e. The van der Waals surface area contributed by atoms with Gasteiger partial charge in [-0.2, -0.15) is 0 Å². The molecule has 0 radical (unpaired) electrons. The maximum Gasteiger partial charge on any atom is 0.0234 e. The van der Waals surface area contributed by atoms with Crippen LogP contribution in [0.15, 0.2) is 48.5 Å². The topological polar surface area (TPSA) is 15.3 Å². The second-order valence-electron chi connectivity index (χ2n) is 5.50. The van der Waals surface area contributed by atoms with Crippen molar-refractivity contribution < 1.29 is 0 Å². The summed E-state index contributed by atoms with van der Waals surface area (Å²) in [7, 11) is 4.14. The molecule has 2 aromatic rings. The van der Waals surface area contributed by atoms with Crippen molar-refractivity contribution in [3.63, 3.8) is 0 Å². The summed E-state index contributed by atoms with van der Waals surface area (Å²) in [5, 5.41) is 3.17. The summed E-state index contributed by atoms with van der Waals surface area (Å²) < 4.78 is 0. The van der Waals surface area contributed by atoms with E-state index in [0.29, 0.717) is 0 Å². The van der Waals surface area contributed by atoms with Gasteiger partial charge < -0.3 is 5.32 Å². The smallest absolute Gasteiger partial charge is 0.0234 e. The summed E-state index contributed by atoms with van der Waals surface area (Å²) in [6.07, 6.45) is 0. The van der Waals surface area contributed by atoms with E-state index in [2.05, 4.69) is 72.7 Å². The predicted molar refractivity (Wildman–Crippen MR) is 85.6 cm³/mol. The molecule has 0 amide bonds. The Balaban J connectivity index is 1.90. The van der Waals surface area contributed by atoms with Gasteiger partial charge in [-0.3, -0.25) is 4.90 Å². The van der Waals surface area contributed by atoms with Crippen LogP contribution in [0.25, 0.3) is 0 Å². The molecule has 0 aliphatic carbocycles. The fourth-order valence-corrected chi connectivity index (χ4v) is 2.34. The van der Waals surface area contributed by atoms with E-state index in [0.717, 1.165) is 19.6 Å². The van der Waals surface area contributed by atoms with Crippen molar-refractivity contribution in [2.24, 2.45) is 0 Å². The molecule has 0 saturated heterocycles. The SMILES string of the molecule is CNCc1ccc(CN(C)Cc2ccc(C)cc2)cc1. The average molecular weight is 268 g/mol. The number of hydrogen-bond donors (Lipinski definition) is 1. The highest BCUT2D eigenvalue weighted by atomic mass is 15.1. The molecule has 2 nitrogen and oxygen atoms in total. The fourth-order valence-electron chi connectivity index (χ4n) is 2.34. The monoisotopic (exact) mass is 268 g/mol. The fraction of sp³-hybridized carbons (Fsp3) is 0.333. The van der Waals surface area contributed by atoms with Crippen molar-refractivity contribution in [3.05, 3.63) is 70.8 Å². The lowest BCUT2D eigenvalue weighted by Crippen LogP contribution is -2.17. The lowest BCUT2D eigenvalue weighted by molar-refractivity contribution is 0.319. The normalized spacial score (nSPS) is 11.0. The molecule has 0 fully saturated rings. The molecule has 0 heterocycles. The van der Waals surface area contributed by atoms with Crippen molar-refractivity contribution >= 4 is 0 Å². The van der Waals surface area contributed by atoms with Crippen LogP contribution in [0.1, 0.15) is 22.3 Å². The summed E-state index contributed by atoms with van der Waals surface area (Å²) in [6.45, 7) is 5.02. The van der Waals surface area contributed by atoms with Gasteiger partial charge in [0, 0.05) is 19.6 Å². The molecule has 0 atom stereocenters. The van der Waals surface area contributed by atoms with Crippen molar-refractivity contribution in [3.8, 4) is 0 Å². The molecule has 20 heavy (non-hydrogen) atoms. The number of benzene rings is 2. The first-order valence-corrected chi connectivity index (χ1v) is 7.14. The number of hydrogen-bond acceptors (Lipinski definition) is 2. The highest BCUT2D eigenvalue weighted by Crippen LogP contribution is 2.10. The van der Waals surface area contributed by atoms with Crippen molar-refractivity contribution in [2.75, 3.05) is 14.1 Å². The molecule has 0 aliphatic rings. The van der Waals surface area contributed by atoms with E-state index >= 15 is 0 Å². The molecule has 0 aliphatic heterocycles. The number of nitrogens with zero attached hydrogens (tertiary/aromatic N) is 1. The van der Waals surface area contributed by atoms with E-state index in [1.54, 1.807) is 0 Å². The summed E-state index contributed by atoms with van der Waals surface area (Å²) >= 11 is 0. The van der Waals surface area contributed by atoms with E-state index in [9.17, 15) is 0 Å². The Bertz CT molecular complexity index is 514. The lowest BCUT2D eigenvalue weighted by Gasteiger charge is -2.17. The van der Waals surface area contributed by atoms with Crippen LogP contribution in [-0.4, -0.2) is 19.0 Å². The van der Waals surface area contributed by atoms with Gasteiger partial charge in [0.25, 0.3) is 0 Å². The third kappa shape index (κ3) is 4.48. The minimum atomic E-state index is 0.930. The minimum absolute atomic E-state index is 0.930. The van der Waals surface area contributed by atoms with Gasteiger partial charge in [0.05, 0.1) is 0 Å². The second-order valence-corrected chi connectivity index (χ2v) is 5.50. The largest absolute Gasteiger partial charge is 0.316 e. The summed E-state index contributed by atoms with van der Waals surface area (Å²) in [5.74, 6) is 0. The molecule has 0 bridgehead atoms. The Morgan fingerprint density at radius 2 is 1.25 bits per heavy atom. The lowest BCUT2D eigenvalue weighted by atomic mass is 10.1. The van der Waals surface area contributed by atoms with Gasteiger partial charge in [-0.1, -0.05) is 54.1 Å². The Morgan fingerprint density at radius 3 is 1.75 bits per heavy atom. The first kappa shape index (κ1) is 14.8. The Labute approximate surface area is 122 Å². The Kier molecular flexibility index (Phi) is 5.33. The van der Waals surface area contributed by atoms with E-state index in [1.807, 2.05) is 7.05 Å². The summed E-state index contributed by atoms with van der Waals surface area (Å²) in [6, 6.07) is 17.6. The van der Waals surface area contributed by atoms with Gasteiger partial charge in [-0.15, -0.1) is 0 Å². The van der Waals surface area contributed by atoms with Crippen molar-refractivity contribution in [1.82, 2.24) is 10.2 Å². The van der Waals surface area contributed by atoms with Gasteiger partial charge in [0.1, 0.15) is 0 Å². The van der Waals surface area contributed by atoms with Gasteiger partial charge in [0.2, 0.25) is 0 Å². The maximum absolute atomic E-state index is 3.17. The van der Waals surface area contributed by atoms with Crippen LogP contribution in [-0.2, 0) is 19.6 Å². The highest BCUT2D eigenvalue weighted by Gasteiger charge is 2.02. The molecule has 106 valence electrons. The van der Waals surface area contributed by atoms with Gasteiger partial charge >= 0.3 is 0 Å². The zero-order valence-electron chi connectivity index (χ0n) is 12.7. The molecule has 2 rings (SSSR count). The van der Waals surface area contributed by atoms with Crippen molar-refractivity contribution in [1.29, 1.82) is 0 Å².